The van der Waals surface area contributed by atoms with Gasteiger partial charge in [-0.2, -0.15) is 0 Å². The van der Waals surface area contributed by atoms with E-state index in [1.165, 1.54) is 24.3 Å². The Morgan fingerprint density at radius 1 is 1.33 bits per heavy atom. The van der Waals surface area contributed by atoms with Gasteiger partial charge in [-0.15, -0.1) is 0 Å². The van der Waals surface area contributed by atoms with Gasteiger partial charge in [0.25, 0.3) is 5.56 Å². The van der Waals surface area contributed by atoms with Gasteiger partial charge in [-0.3, -0.25) is 4.79 Å². The number of nitrogens with zero attached hydrogens (tertiary/aromatic N) is 1. The molecule has 5 heteroatoms. The minimum absolute atomic E-state index is 0.0943. The van der Waals surface area contributed by atoms with E-state index in [1.807, 2.05) is 13.8 Å². The smallest absolute Gasteiger partial charge is 0.251 e. The minimum atomic E-state index is -0.419. The van der Waals surface area contributed by atoms with Crippen molar-refractivity contribution < 1.29 is 4.39 Å². The van der Waals surface area contributed by atoms with Gasteiger partial charge >= 0.3 is 0 Å². The molecule has 0 fully saturated rings. The lowest BCUT2D eigenvalue weighted by molar-refractivity contribution is 0.628. The summed E-state index contributed by atoms with van der Waals surface area (Å²) >= 11 is 5.96. The zero-order valence-electron chi connectivity index (χ0n) is 10.00. The molecule has 2 aromatic rings. The fraction of sp³-hybridized carbons (Fsp3) is 0.231. The van der Waals surface area contributed by atoms with Crippen LogP contribution >= 0.6 is 11.6 Å². The van der Waals surface area contributed by atoms with Crippen LogP contribution in [0.1, 0.15) is 25.6 Å². The molecule has 0 unspecified atom stereocenters. The number of benzene rings is 1. The van der Waals surface area contributed by atoms with Crippen molar-refractivity contribution in [2.24, 2.45) is 0 Å². The molecule has 1 aromatic heterocycles. The molecule has 0 spiro atoms. The number of rotatable bonds is 2. The molecule has 0 saturated carbocycles. The standard InChI is InChI=1S/C13H12ClFN2O/c1-7(2)13-16-11(6-12(18)17-13)9-4-3-8(15)5-10(9)14/h3-7H,1-2H3,(H,16,17,18). The highest BCUT2D eigenvalue weighted by Gasteiger charge is 2.10. The molecule has 0 radical (unpaired) electrons. The number of H-pyrrole nitrogens is 1. The third kappa shape index (κ3) is 2.59. The summed E-state index contributed by atoms with van der Waals surface area (Å²) in [4.78, 5) is 18.5. The van der Waals surface area contributed by atoms with E-state index in [-0.39, 0.29) is 16.5 Å². The molecule has 0 bridgehead atoms. The largest absolute Gasteiger partial charge is 0.310 e. The van der Waals surface area contributed by atoms with Crippen LogP contribution in [-0.2, 0) is 0 Å². The maximum atomic E-state index is 13.0. The average molecular weight is 267 g/mol. The van der Waals surface area contributed by atoms with Crippen LogP contribution in [0.4, 0.5) is 4.39 Å². The Balaban J connectivity index is 2.60. The molecular weight excluding hydrogens is 255 g/mol. The van der Waals surface area contributed by atoms with Gasteiger partial charge in [0.15, 0.2) is 0 Å². The fourth-order valence-electron chi connectivity index (χ4n) is 1.59. The molecule has 0 saturated heterocycles. The highest BCUT2D eigenvalue weighted by Crippen LogP contribution is 2.26. The summed E-state index contributed by atoms with van der Waals surface area (Å²) in [5.41, 5.74) is 0.752. The van der Waals surface area contributed by atoms with E-state index < -0.39 is 5.82 Å². The van der Waals surface area contributed by atoms with Gasteiger partial charge in [0.1, 0.15) is 11.6 Å². The van der Waals surface area contributed by atoms with Crippen LogP contribution in [0.15, 0.2) is 29.1 Å². The highest BCUT2D eigenvalue weighted by atomic mass is 35.5. The van der Waals surface area contributed by atoms with E-state index in [2.05, 4.69) is 9.97 Å². The average Bonchev–Trinajstić information content (AvgIpc) is 2.27. The van der Waals surface area contributed by atoms with E-state index in [4.69, 9.17) is 11.6 Å². The summed E-state index contributed by atoms with van der Waals surface area (Å²) in [5.74, 6) is 0.257. The Hall–Kier alpha value is -1.68. The lowest BCUT2D eigenvalue weighted by atomic mass is 10.1. The maximum absolute atomic E-state index is 13.0. The van der Waals surface area contributed by atoms with Crippen LogP contribution in [0.3, 0.4) is 0 Å². The van der Waals surface area contributed by atoms with Crippen molar-refractivity contribution in [3.63, 3.8) is 0 Å². The van der Waals surface area contributed by atoms with Crippen LogP contribution in [-0.4, -0.2) is 9.97 Å². The van der Waals surface area contributed by atoms with E-state index in [0.717, 1.165) is 0 Å². The van der Waals surface area contributed by atoms with Crippen LogP contribution in [0.5, 0.6) is 0 Å². The van der Waals surface area contributed by atoms with Crippen molar-refractivity contribution in [3.05, 3.63) is 51.3 Å². The maximum Gasteiger partial charge on any atom is 0.251 e. The van der Waals surface area contributed by atoms with Crippen molar-refractivity contribution >= 4 is 11.6 Å². The Morgan fingerprint density at radius 2 is 2.06 bits per heavy atom. The van der Waals surface area contributed by atoms with Gasteiger partial charge < -0.3 is 4.98 Å². The second-order valence-electron chi connectivity index (χ2n) is 4.29. The fourth-order valence-corrected chi connectivity index (χ4v) is 1.85. The van der Waals surface area contributed by atoms with E-state index in [9.17, 15) is 9.18 Å². The Morgan fingerprint density at radius 3 is 2.67 bits per heavy atom. The predicted molar refractivity (Wildman–Crippen MR) is 69.4 cm³/mol. The normalized spacial score (nSPS) is 10.9. The molecule has 0 aliphatic carbocycles. The van der Waals surface area contributed by atoms with Gasteiger partial charge in [0, 0.05) is 17.5 Å². The Bertz CT molecular complexity index is 637. The van der Waals surface area contributed by atoms with E-state index >= 15 is 0 Å². The van der Waals surface area contributed by atoms with Gasteiger partial charge in [-0.05, 0) is 18.2 Å². The first-order valence-electron chi connectivity index (χ1n) is 5.54. The second kappa shape index (κ2) is 4.90. The van der Waals surface area contributed by atoms with Gasteiger partial charge in [-0.25, -0.2) is 9.37 Å². The second-order valence-corrected chi connectivity index (χ2v) is 4.70. The lowest BCUT2D eigenvalue weighted by Gasteiger charge is -2.08. The third-order valence-corrected chi connectivity index (χ3v) is 2.83. The topological polar surface area (TPSA) is 45.8 Å². The first-order valence-corrected chi connectivity index (χ1v) is 5.92. The molecule has 0 atom stereocenters. The number of aromatic amines is 1. The Kier molecular flexibility index (Phi) is 3.48. The first kappa shape index (κ1) is 12.8. The molecule has 1 heterocycles. The van der Waals surface area contributed by atoms with Gasteiger partial charge in [-0.1, -0.05) is 25.4 Å². The quantitative estimate of drug-likeness (QED) is 0.906. The molecule has 0 aliphatic rings. The summed E-state index contributed by atoms with van der Waals surface area (Å²) in [6.07, 6.45) is 0. The zero-order chi connectivity index (χ0) is 13.3. The number of halogens is 2. The van der Waals surface area contributed by atoms with Crippen molar-refractivity contribution in [1.82, 2.24) is 9.97 Å². The minimum Gasteiger partial charge on any atom is -0.310 e. The number of nitrogens with one attached hydrogen (secondary N) is 1. The van der Waals surface area contributed by atoms with Gasteiger partial charge in [0.2, 0.25) is 0 Å². The summed E-state index contributed by atoms with van der Waals surface area (Å²) in [6, 6.07) is 5.36. The Labute approximate surface area is 109 Å². The molecule has 0 aliphatic heterocycles. The molecule has 2 rings (SSSR count). The number of hydrogen-bond acceptors (Lipinski definition) is 2. The SMILES string of the molecule is CC(C)c1nc(-c2ccc(F)cc2Cl)cc(=O)[nH]1. The summed E-state index contributed by atoms with van der Waals surface area (Å²) in [7, 11) is 0. The van der Waals surface area contributed by atoms with Crippen molar-refractivity contribution in [2.75, 3.05) is 0 Å². The van der Waals surface area contributed by atoms with Crippen LogP contribution < -0.4 is 5.56 Å². The van der Waals surface area contributed by atoms with Crippen LogP contribution in [0.25, 0.3) is 11.3 Å². The van der Waals surface area contributed by atoms with Crippen molar-refractivity contribution in [1.29, 1.82) is 0 Å². The number of hydrogen-bond donors (Lipinski definition) is 1. The van der Waals surface area contributed by atoms with Crippen LogP contribution in [0.2, 0.25) is 5.02 Å². The number of aromatic nitrogens is 2. The molecular formula is C13H12ClFN2O. The molecule has 3 nitrogen and oxygen atoms in total. The van der Waals surface area contributed by atoms with Crippen molar-refractivity contribution in [3.8, 4) is 11.3 Å². The molecule has 1 N–H and O–H groups in total. The summed E-state index contributed by atoms with van der Waals surface area (Å²) in [6.45, 7) is 3.85. The summed E-state index contributed by atoms with van der Waals surface area (Å²) in [5, 5.41) is 0.239. The molecule has 1 aromatic carbocycles. The van der Waals surface area contributed by atoms with E-state index in [1.54, 1.807) is 0 Å². The summed E-state index contributed by atoms with van der Waals surface area (Å²) < 4.78 is 13.0. The lowest BCUT2D eigenvalue weighted by Crippen LogP contribution is -2.12. The van der Waals surface area contributed by atoms with E-state index in [0.29, 0.717) is 17.1 Å². The third-order valence-electron chi connectivity index (χ3n) is 2.51. The first-order chi connectivity index (χ1) is 8.47. The predicted octanol–water partition coefficient (Wildman–Crippen LogP) is 3.35. The van der Waals surface area contributed by atoms with Gasteiger partial charge in [0.05, 0.1) is 10.7 Å². The highest BCUT2D eigenvalue weighted by molar-refractivity contribution is 6.33. The molecule has 0 amide bonds. The van der Waals surface area contributed by atoms with Crippen molar-refractivity contribution in [2.45, 2.75) is 19.8 Å². The zero-order valence-corrected chi connectivity index (χ0v) is 10.8. The molecule has 18 heavy (non-hydrogen) atoms. The molecule has 94 valence electrons. The monoisotopic (exact) mass is 266 g/mol. The van der Waals surface area contributed by atoms with Crippen LogP contribution in [0, 0.1) is 5.82 Å².